The van der Waals surface area contributed by atoms with Crippen molar-refractivity contribution < 1.29 is 19.1 Å². The molecule has 12 heavy (non-hydrogen) atoms. The van der Waals surface area contributed by atoms with Crippen LogP contribution in [0.1, 0.15) is 0 Å². The lowest BCUT2D eigenvalue weighted by atomic mass is 10.4. The molecular formula is C8H10O4. The van der Waals surface area contributed by atoms with Crippen molar-refractivity contribution in [3.8, 4) is 0 Å². The summed E-state index contributed by atoms with van der Waals surface area (Å²) >= 11 is 0. The fourth-order valence-corrected chi connectivity index (χ4v) is 0.404. The predicted molar refractivity (Wildman–Crippen MR) is 42.3 cm³/mol. The van der Waals surface area contributed by atoms with E-state index < -0.39 is 11.9 Å². The second kappa shape index (κ2) is 6.15. The summed E-state index contributed by atoms with van der Waals surface area (Å²) in [4.78, 5) is 20.9. The van der Waals surface area contributed by atoms with E-state index in [1.807, 2.05) is 0 Å². The minimum Gasteiger partial charge on any atom is -0.466 e. The monoisotopic (exact) mass is 170 g/mol. The van der Waals surface area contributed by atoms with Crippen LogP contribution in [0.4, 0.5) is 0 Å². The number of ether oxygens (including phenoxy) is 2. The van der Waals surface area contributed by atoms with Gasteiger partial charge in [-0.25, -0.2) is 9.59 Å². The number of hydrogen-bond acceptors (Lipinski definition) is 4. The van der Waals surface area contributed by atoms with E-state index in [1.165, 1.54) is 38.5 Å². The highest BCUT2D eigenvalue weighted by atomic mass is 16.5. The van der Waals surface area contributed by atoms with Crippen LogP contribution in [0, 0.1) is 0 Å². The molecule has 66 valence electrons. The Balaban J connectivity index is 3.81. The number of carbonyl (C=O) groups is 2. The molecule has 0 amide bonds. The second-order valence-corrected chi connectivity index (χ2v) is 1.76. The molecule has 0 heterocycles. The van der Waals surface area contributed by atoms with Gasteiger partial charge in [0.2, 0.25) is 0 Å². The minimum absolute atomic E-state index is 0.468. The first-order chi connectivity index (χ1) is 5.70. The van der Waals surface area contributed by atoms with Crippen LogP contribution >= 0.6 is 0 Å². The Morgan fingerprint density at radius 2 is 1.25 bits per heavy atom. The maximum Gasteiger partial charge on any atom is 0.330 e. The molecular weight excluding hydrogens is 160 g/mol. The topological polar surface area (TPSA) is 52.6 Å². The average Bonchev–Trinajstić information content (AvgIpc) is 2.11. The normalized spacial score (nSPS) is 10.5. The van der Waals surface area contributed by atoms with Gasteiger partial charge in [0.25, 0.3) is 0 Å². The number of allylic oxidation sites excluding steroid dienone is 2. The Bertz CT molecular complexity index is 191. The summed E-state index contributed by atoms with van der Waals surface area (Å²) in [5, 5.41) is 0. The van der Waals surface area contributed by atoms with E-state index in [-0.39, 0.29) is 0 Å². The number of methoxy groups -OCH3 is 2. The molecule has 0 unspecified atom stereocenters. The fourth-order valence-electron chi connectivity index (χ4n) is 0.404. The van der Waals surface area contributed by atoms with Gasteiger partial charge in [-0.2, -0.15) is 0 Å². The van der Waals surface area contributed by atoms with Crippen LogP contribution in [0.2, 0.25) is 0 Å². The van der Waals surface area contributed by atoms with Crippen LogP contribution in [0.5, 0.6) is 0 Å². The van der Waals surface area contributed by atoms with Crippen molar-refractivity contribution in [1.82, 2.24) is 0 Å². The highest BCUT2D eigenvalue weighted by molar-refractivity contribution is 5.84. The summed E-state index contributed by atoms with van der Waals surface area (Å²) in [5.41, 5.74) is 0. The SMILES string of the molecule is COC(=O)/C=C\C=C\C(=O)OC. The Hall–Kier alpha value is -1.58. The van der Waals surface area contributed by atoms with E-state index >= 15 is 0 Å². The van der Waals surface area contributed by atoms with Crippen molar-refractivity contribution in [3.05, 3.63) is 24.3 Å². The van der Waals surface area contributed by atoms with Gasteiger partial charge in [-0.05, 0) is 0 Å². The molecule has 0 bridgehead atoms. The molecule has 0 radical (unpaired) electrons. The molecule has 0 rings (SSSR count). The van der Waals surface area contributed by atoms with E-state index in [2.05, 4.69) is 9.47 Å². The maximum atomic E-state index is 10.5. The van der Waals surface area contributed by atoms with Gasteiger partial charge in [0.1, 0.15) is 0 Å². The summed E-state index contributed by atoms with van der Waals surface area (Å²) in [6.45, 7) is 0. The molecule has 0 aromatic heterocycles. The molecule has 0 atom stereocenters. The first-order valence-corrected chi connectivity index (χ1v) is 3.21. The Morgan fingerprint density at radius 1 is 0.917 bits per heavy atom. The molecule has 4 heteroatoms. The van der Waals surface area contributed by atoms with E-state index in [4.69, 9.17) is 0 Å². The third-order valence-electron chi connectivity index (χ3n) is 0.978. The lowest BCUT2D eigenvalue weighted by molar-refractivity contribution is -0.135. The first kappa shape index (κ1) is 10.4. The first-order valence-electron chi connectivity index (χ1n) is 3.21. The number of rotatable bonds is 3. The van der Waals surface area contributed by atoms with Crippen LogP contribution < -0.4 is 0 Å². The zero-order valence-electron chi connectivity index (χ0n) is 6.94. The van der Waals surface area contributed by atoms with Crippen molar-refractivity contribution in [1.29, 1.82) is 0 Å². The summed E-state index contributed by atoms with van der Waals surface area (Å²) in [5.74, 6) is -0.936. The van der Waals surface area contributed by atoms with Gasteiger partial charge < -0.3 is 9.47 Å². The molecule has 0 saturated heterocycles. The molecule has 0 aliphatic carbocycles. The van der Waals surface area contributed by atoms with Crippen LogP contribution in [-0.4, -0.2) is 26.2 Å². The quantitative estimate of drug-likeness (QED) is 0.350. The third-order valence-corrected chi connectivity index (χ3v) is 0.978. The highest BCUT2D eigenvalue weighted by Gasteiger charge is 1.89. The van der Waals surface area contributed by atoms with E-state index in [9.17, 15) is 9.59 Å². The molecule has 0 aliphatic rings. The molecule has 0 aliphatic heterocycles. The lowest BCUT2D eigenvalue weighted by Crippen LogP contribution is -1.94. The number of esters is 2. The predicted octanol–water partition coefficient (Wildman–Crippen LogP) is 0.445. The average molecular weight is 170 g/mol. The lowest BCUT2D eigenvalue weighted by Gasteiger charge is -1.87. The minimum atomic E-state index is -0.468. The Kier molecular flexibility index (Phi) is 5.34. The number of hydrogen-bond donors (Lipinski definition) is 0. The van der Waals surface area contributed by atoms with Crippen molar-refractivity contribution in [3.63, 3.8) is 0 Å². The third kappa shape index (κ3) is 5.22. The van der Waals surface area contributed by atoms with Crippen LogP contribution in [0.25, 0.3) is 0 Å². The molecule has 0 spiro atoms. The van der Waals surface area contributed by atoms with Gasteiger partial charge in [0, 0.05) is 12.2 Å². The van der Waals surface area contributed by atoms with Gasteiger partial charge in [0.15, 0.2) is 0 Å². The van der Waals surface area contributed by atoms with E-state index in [0.29, 0.717) is 0 Å². The number of carbonyl (C=O) groups excluding carboxylic acids is 2. The molecule has 0 fully saturated rings. The highest BCUT2D eigenvalue weighted by Crippen LogP contribution is 1.82. The van der Waals surface area contributed by atoms with Gasteiger partial charge in [-0.3, -0.25) is 0 Å². The largest absolute Gasteiger partial charge is 0.466 e. The van der Waals surface area contributed by atoms with Crippen molar-refractivity contribution in [2.24, 2.45) is 0 Å². The molecule has 4 nitrogen and oxygen atoms in total. The summed E-state index contributed by atoms with van der Waals surface area (Å²) in [6.07, 6.45) is 5.17. The molecule has 0 aromatic rings. The van der Waals surface area contributed by atoms with Crippen LogP contribution in [0.3, 0.4) is 0 Å². The Labute approximate surface area is 70.5 Å². The van der Waals surface area contributed by atoms with Gasteiger partial charge >= 0.3 is 11.9 Å². The van der Waals surface area contributed by atoms with Crippen molar-refractivity contribution >= 4 is 11.9 Å². The molecule has 0 N–H and O–H groups in total. The van der Waals surface area contributed by atoms with Crippen LogP contribution in [0.15, 0.2) is 24.3 Å². The zero-order valence-corrected chi connectivity index (χ0v) is 6.94. The van der Waals surface area contributed by atoms with Gasteiger partial charge in [-0.15, -0.1) is 0 Å². The molecule has 0 aromatic carbocycles. The smallest absolute Gasteiger partial charge is 0.330 e. The summed E-state index contributed by atoms with van der Waals surface area (Å²) < 4.78 is 8.62. The van der Waals surface area contributed by atoms with Gasteiger partial charge in [0.05, 0.1) is 14.2 Å². The summed E-state index contributed by atoms with van der Waals surface area (Å²) in [6, 6.07) is 0. The van der Waals surface area contributed by atoms with Crippen molar-refractivity contribution in [2.75, 3.05) is 14.2 Å². The maximum absolute atomic E-state index is 10.5. The standard InChI is InChI=1S/C8H10O4/c1-11-7(9)5-3-4-6-8(10)12-2/h3-6H,1-2H3/b5-3-,6-4+. The summed E-state index contributed by atoms with van der Waals surface area (Å²) in [7, 11) is 2.55. The van der Waals surface area contributed by atoms with Gasteiger partial charge in [-0.1, -0.05) is 12.2 Å². The van der Waals surface area contributed by atoms with Crippen LogP contribution in [-0.2, 0) is 19.1 Å². The Morgan fingerprint density at radius 3 is 1.50 bits per heavy atom. The molecule has 0 saturated carbocycles. The zero-order chi connectivity index (χ0) is 9.40. The fraction of sp³-hybridized carbons (Fsp3) is 0.250. The second-order valence-electron chi connectivity index (χ2n) is 1.76. The van der Waals surface area contributed by atoms with E-state index in [0.717, 1.165) is 0 Å². The van der Waals surface area contributed by atoms with E-state index in [1.54, 1.807) is 0 Å². The van der Waals surface area contributed by atoms with Crippen molar-refractivity contribution in [2.45, 2.75) is 0 Å².